The molecule has 1 rings (SSSR count). The Balaban J connectivity index is 2.29. The topological polar surface area (TPSA) is 80.8 Å². The van der Waals surface area contributed by atoms with Crippen LogP contribution < -0.4 is 0 Å². The summed E-state index contributed by atoms with van der Waals surface area (Å²) < 4.78 is 50.1. The maximum atomic E-state index is 11.3. The SMILES string of the molecule is CS(=O)(=O)OCCC1CCN(S(C)(=O)=O)CC1. The number of rotatable bonds is 5. The minimum Gasteiger partial charge on any atom is -0.270 e. The standard InChI is InChI=1S/C9H19NO5S2/c1-16(11,12)10-6-3-9(4-7-10)5-8-15-17(2,13)14/h9H,3-8H2,1-2H3. The van der Waals surface area contributed by atoms with E-state index >= 15 is 0 Å². The lowest BCUT2D eigenvalue weighted by Crippen LogP contribution is -2.37. The predicted molar refractivity (Wildman–Crippen MR) is 64.6 cm³/mol. The molecule has 0 aromatic rings. The molecule has 1 aliphatic heterocycles. The number of piperidine rings is 1. The van der Waals surface area contributed by atoms with E-state index in [0.29, 0.717) is 25.4 Å². The van der Waals surface area contributed by atoms with Gasteiger partial charge in [0.2, 0.25) is 10.0 Å². The molecule has 8 heteroatoms. The Morgan fingerprint density at radius 2 is 1.65 bits per heavy atom. The first-order valence-electron chi connectivity index (χ1n) is 5.48. The summed E-state index contributed by atoms with van der Waals surface area (Å²) in [6, 6.07) is 0. The molecule has 0 atom stereocenters. The van der Waals surface area contributed by atoms with Gasteiger partial charge in [-0.2, -0.15) is 8.42 Å². The van der Waals surface area contributed by atoms with Gasteiger partial charge in [-0.15, -0.1) is 0 Å². The fourth-order valence-electron chi connectivity index (χ4n) is 1.90. The molecule has 0 aliphatic carbocycles. The van der Waals surface area contributed by atoms with Crippen molar-refractivity contribution >= 4 is 20.1 Å². The Kier molecular flexibility index (Phi) is 4.94. The Hall–Kier alpha value is -0.180. The minimum atomic E-state index is -3.37. The average Bonchev–Trinajstić information content (AvgIpc) is 2.15. The van der Waals surface area contributed by atoms with Gasteiger partial charge in [0.05, 0.1) is 19.1 Å². The molecule has 0 saturated carbocycles. The zero-order valence-corrected chi connectivity index (χ0v) is 11.8. The lowest BCUT2D eigenvalue weighted by Gasteiger charge is -2.29. The molecule has 0 N–H and O–H groups in total. The highest BCUT2D eigenvalue weighted by molar-refractivity contribution is 7.88. The normalized spacial score (nSPS) is 20.6. The van der Waals surface area contributed by atoms with E-state index in [-0.39, 0.29) is 6.61 Å². The van der Waals surface area contributed by atoms with E-state index in [1.165, 1.54) is 10.6 Å². The molecule has 1 aliphatic rings. The number of nitrogens with zero attached hydrogens (tertiary/aromatic N) is 1. The maximum Gasteiger partial charge on any atom is 0.264 e. The zero-order valence-electron chi connectivity index (χ0n) is 10.1. The van der Waals surface area contributed by atoms with Gasteiger partial charge in [-0.1, -0.05) is 0 Å². The van der Waals surface area contributed by atoms with Crippen LogP contribution in [0.5, 0.6) is 0 Å². The van der Waals surface area contributed by atoms with E-state index in [1.807, 2.05) is 0 Å². The van der Waals surface area contributed by atoms with E-state index in [9.17, 15) is 16.8 Å². The fourth-order valence-corrected chi connectivity index (χ4v) is 3.17. The van der Waals surface area contributed by atoms with Crippen LogP contribution in [0.1, 0.15) is 19.3 Å². The lowest BCUT2D eigenvalue weighted by atomic mass is 9.95. The molecule has 0 amide bonds. The first kappa shape index (κ1) is 14.9. The van der Waals surface area contributed by atoms with Gasteiger partial charge < -0.3 is 0 Å². The third-order valence-electron chi connectivity index (χ3n) is 2.87. The average molecular weight is 285 g/mol. The highest BCUT2D eigenvalue weighted by Crippen LogP contribution is 2.22. The predicted octanol–water partition coefficient (Wildman–Crippen LogP) is 0.0243. The summed E-state index contributed by atoms with van der Waals surface area (Å²) >= 11 is 0. The van der Waals surface area contributed by atoms with Crippen molar-refractivity contribution in [2.75, 3.05) is 32.2 Å². The van der Waals surface area contributed by atoms with Crippen molar-refractivity contribution in [3.63, 3.8) is 0 Å². The van der Waals surface area contributed by atoms with Gasteiger partial charge in [-0.3, -0.25) is 4.18 Å². The third-order valence-corrected chi connectivity index (χ3v) is 4.76. The van der Waals surface area contributed by atoms with Crippen LogP contribution in [-0.2, 0) is 24.3 Å². The molecular weight excluding hydrogens is 266 g/mol. The van der Waals surface area contributed by atoms with Gasteiger partial charge in [0.1, 0.15) is 0 Å². The summed E-state index contributed by atoms with van der Waals surface area (Å²) in [4.78, 5) is 0. The van der Waals surface area contributed by atoms with Crippen molar-refractivity contribution in [3.8, 4) is 0 Å². The van der Waals surface area contributed by atoms with Crippen molar-refractivity contribution in [2.24, 2.45) is 5.92 Å². The second-order valence-electron chi connectivity index (χ2n) is 4.42. The van der Waals surface area contributed by atoms with Crippen LogP contribution in [-0.4, -0.2) is 53.3 Å². The van der Waals surface area contributed by atoms with Crippen LogP contribution in [0.3, 0.4) is 0 Å². The maximum absolute atomic E-state index is 11.3. The first-order valence-corrected chi connectivity index (χ1v) is 9.14. The second-order valence-corrected chi connectivity index (χ2v) is 8.05. The highest BCUT2D eigenvalue weighted by atomic mass is 32.2. The smallest absolute Gasteiger partial charge is 0.264 e. The van der Waals surface area contributed by atoms with Crippen LogP contribution in [0.25, 0.3) is 0 Å². The number of hydrogen-bond donors (Lipinski definition) is 0. The van der Waals surface area contributed by atoms with Crippen molar-refractivity contribution < 1.29 is 21.0 Å². The largest absolute Gasteiger partial charge is 0.270 e. The first-order chi connectivity index (χ1) is 7.68. The van der Waals surface area contributed by atoms with Gasteiger partial charge in [0.15, 0.2) is 0 Å². The van der Waals surface area contributed by atoms with Crippen LogP contribution >= 0.6 is 0 Å². The fraction of sp³-hybridized carbons (Fsp3) is 1.00. The van der Waals surface area contributed by atoms with E-state index in [1.54, 1.807) is 0 Å². The van der Waals surface area contributed by atoms with Gasteiger partial charge >= 0.3 is 0 Å². The van der Waals surface area contributed by atoms with Crippen molar-refractivity contribution in [3.05, 3.63) is 0 Å². The molecule has 1 saturated heterocycles. The molecule has 0 aromatic heterocycles. The van der Waals surface area contributed by atoms with E-state index in [2.05, 4.69) is 4.18 Å². The summed E-state index contributed by atoms with van der Waals surface area (Å²) in [5, 5.41) is 0. The van der Waals surface area contributed by atoms with E-state index in [0.717, 1.165) is 19.1 Å². The summed E-state index contributed by atoms with van der Waals surface area (Å²) in [6.07, 6.45) is 4.42. The molecule has 0 aromatic carbocycles. The monoisotopic (exact) mass is 285 g/mol. The Morgan fingerprint density at radius 3 is 2.06 bits per heavy atom. The Morgan fingerprint density at radius 1 is 1.12 bits per heavy atom. The highest BCUT2D eigenvalue weighted by Gasteiger charge is 2.24. The minimum absolute atomic E-state index is 0.183. The quantitative estimate of drug-likeness (QED) is 0.665. The Bertz CT molecular complexity index is 431. The van der Waals surface area contributed by atoms with E-state index in [4.69, 9.17) is 0 Å². The molecule has 6 nitrogen and oxygen atoms in total. The van der Waals surface area contributed by atoms with Gasteiger partial charge in [-0.25, -0.2) is 12.7 Å². The molecule has 0 bridgehead atoms. The van der Waals surface area contributed by atoms with Crippen LogP contribution in [0, 0.1) is 5.92 Å². The summed E-state index contributed by atoms with van der Waals surface area (Å²) in [5.41, 5.74) is 0. The van der Waals surface area contributed by atoms with Crippen molar-refractivity contribution in [2.45, 2.75) is 19.3 Å². The lowest BCUT2D eigenvalue weighted by molar-refractivity contribution is 0.223. The van der Waals surface area contributed by atoms with Crippen LogP contribution in [0.4, 0.5) is 0 Å². The molecular formula is C9H19NO5S2. The number of hydrogen-bond acceptors (Lipinski definition) is 5. The molecule has 1 fully saturated rings. The molecule has 102 valence electrons. The zero-order chi connectivity index (χ0) is 13.1. The van der Waals surface area contributed by atoms with E-state index < -0.39 is 20.1 Å². The number of sulfonamides is 1. The van der Waals surface area contributed by atoms with Gasteiger partial charge in [-0.05, 0) is 25.2 Å². The molecule has 1 heterocycles. The summed E-state index contributed by atoms with van der Waals surface area (Å²) in [6.45, 7) is 1.22. The molecule has 17 heavy (non-hydrogen) atoms. The molecule has 0 radical (unpaired) electrons. The van der Waals surface area contributed by atoms with Gasteiger partial charge in [0.25, 0.3) is 10.1 Å². The summed E-state index contributed by atoms with van der Waals surface area (Å²) in [5.74, 6) is 0.342. The Labute approximate surface area is 103 Å². The summed E-state index contributed by atoms with van der Waals surface area (Å²) in [7, 11) is -6.45. The van der Waals surface area contributed by atoms with Crippen LogP contribution in [0.2, 0.25) is 0 Å². The second kappa shape index (κ2) is 5.64. The van der Waals surface area contributed by atoms with Gasteiger partial charge in [0, 0.05) is 13.1 Å². The van der Waals surface area contributed by atoms with Crippen molar-refractivity contribution in [1.82, 2.24) is 4.31 Å². The molecule has 0 spiro atoms. The van der Waals surface area contributed by atoms with Crippen LogP contribution in [0.15, 0.2) is 0 Å². The molecule has 0 unspecified atom stereocenters. The van der Waals surface area contributed by atoms with Crippen molar-refractivity contribution in [1.29, 1.82) is 0 Å². The third kappa shape index (κ3) is 5.80.